The van der Waals surface area contributed by atoms with Crippen LogP contribution < -0.4 is 9.64 Å². The highest BCUT2D eigenvalue weighted by Crippen LogP contribution is 2.40. The fourth-order valence-corrected chi connectivity index (χ4v) is 2.45. The molecule has 156 valence electrons. The van der Waals surface area contributed by atoms with Crippen LogP contribution >= 0.6 is 0 Å². The quantitative estimate of drug-likeness (QED) is 0.535. The Kier molecular flexibility index (Phi) is 6.62. The Bertz CT molecular complexity index is 889. The fourth-order valence-electron chi connectivity index (χ4n) is 2.45. The molecule has 0 bridgehead atoms. The van der Waals surface area contributed by atoms with Crippen LogP contribution in [0.5, 0.6) is 5.75 Å². The van der Waals surface area contributed by atoms with Crippen LogP contribution in [0.2, 0.25) is 0 Å². The summed E-state index contributed by atoms with van der Waals surface area (Å²) < 4.78 is 78.1. The normalized spacial score (nSPS) is 14.1. The number of carbonyl (C=O) groups is 2. The van der Waals surface area contributed by atoms with E-state index in [1.165, 1.54) is 24.4 Å². The molecule has 11 heteroatoms. The zero-order valence-electron chi connectivity index (χ0n) is 15.0. The summed E-state index contributed by atoms with van der Waals surface area (Å²) in [6, 6.07) is 2.20. The molecule has 1 aliphatic heterocycles. The van der Waals surface area contributed by atoms with E-state index in [2.05, 4.69) is 14.2 Å². The molecule has 0 saturated carbocycles. The Balaban J connectivity index is 2.69. The minimum atomic E-state index is -5.03. The van der Waals surface area contributed by atoms with Gasteiger partial charge in [0.15, 0.2) is 0 Å². The molecule has 0 amide bonds. The maximum Gasteiger partial charge on any atom is 0.420 e. The van der Waals surface area contributed by atoms with Crippen LogP contribution in [-0.2, 0) is 25.2 Å². The first-order valence-corrected chi connectivity index (χ1v) is 7.81. The Morgan fingerprint density at radius 2 is 1.69 bits per heavy atom. The summed E-state index contributed by atoms with van der Waals surface area (Å²) in [6.45, 7) is -3.47. The highest BCUT2D eigenvalue weighted by atomic mass is 19.4. The Morgan fingerprint density at radius 1 is 1.03 bits per heavy atom. The standard InChI is InChI=1S/C18H14F5NO5/c1-27-15(25)11-5-3-4-8-24(14(11)16(26)28-2)10-6-7-13(29-17(19)20)12(9-10)18(21,22)23/h3-9,17H,1-2H3. The molecule has 0 saturated heterocycles. The van der Waals surface area contributed by atoms with Crippen molar-refractivity contribution < 1.29 is 45.8 Å². The average molecular weight is 419 g/mol. The molecular weight excluding hydrogens is 405 g/mol. The van der Waals surface area contributed by atoms with Gasteiger partial charge in [0.1, 0.15) is 11.4 Å². The number of nitrogens with zero attached hydrogens (tertiary/aromatic N) is 1. The molecule has 0 fully saturated rings. The number of benzene rings is 1. The molecule has 29 heavy (non-hydrogen) atoms. The fraction of sp³-hybridized carbons (Fsp3) is 0.222. The summed E-state index contributed by atoms with van der Waals surface area (Å²) >= 11 is 0. The number of ether oxygens (including phenoxy) is 3. The summed E-state index contributed by atoms with van der Waals surface area (Å²) in [5, 5.41) is 0. The van der Waals surface area contributed by atoms with Crippen molar-refractivity contribution in [1.82, 2.24) is 0 Å². The van der Waals surface area contributed by atoms with Gasteiger partial charge in [-0.15, -0.1) is 0 Å². The Labute approximate surface area is 161 Å². The Morgan fingerprint density at radius 3 is 2.24 bits per heavy atom. The van der Waals surface area contributed by atoms with Crippen molar-refractivity contribution >= 4 is 17.6 Å². The second-order valence-corrected chi connectivity index (χ2v) is 5.37. The van der Waals surface area contributed by atoms with Crippen molar-refractivity contribution in [2.45, 2.75) is 12.8 Å². The minimum absolute atomic E-state index is 0.263. The molecule has 1 aromatic rings. The van der Waals surface area contributed by atoms with Gasteiger partial charge in [0.2, 0.25) is 0 Å². The molecule has 2 rings (SSSR count). The van der Waals surface area contributed by atoms with Crippen LogP contribution in [0.15, 0.2) is 53.9 Å². The molecule has 1 aromatic carbocycles. The van der Waals surface area contributed by atoms with E-state index >= 15 is 0 Å². The number of rotatable bonds is 5. The van der Waals surface area contributed by atoms with E-state index in [1.807, 2.05) is 0 Å². The van der Waals surface area contributed by atoms with Gasteiger partial charge in [-0.2, -0.15) is 22.0 Å². The highest BCUT2D eigenvalue weighted by molar-refractivity contribution is 6.05. The largest absolute Gasteiger partial charge is 0.465 e. The van der Waals surface area contributed by atoms with E-state index in [1.54, 1.807) is 0 Å². The van der Waals surface area contributed by atoms with Gasteiger partial charge in [-0.1, -0.05) is 6.08 Å². The zero-order valence-corrected chi connectivity index (χ0v) is 15.0. The number of esters is 2. The summed E-state index contributed by atoms with van der Waals surface area (Å²) in [5.41, 5.74) is -2.48. The van der Waals surface area contributed by atoms with E-state index in [-0.39, 0.29) is 11.3 Å². The first-order chi connectivity index (χ1) is 13.6. The number of hydrogen-bond donors (Lipinski definition) is 0. The van der Waals surface area contributed by atoms with E-state index in [4.69, 9.17) is 0 Å². The van der Waals surface area contributed by atoms with Crippen LogP contribution in [0.1, 0.15) is 5.56 Å². The number of methoxy groups -OCH3 is 2. The van der Waals surface area contributed by atoms with Crippen LogP contribution in [0.4, 0.5) is 27.6 Å². The van der Waals surface area contributed by atoms with Gasteiger partial charge in [0.25, 0.3) is 0 Å². The second-order valence-electron chi connectivity index (χ2n) is 5.37. The topological polar surface area (TPSA) is 65.1 Å². The summed E-state index contributed by atoms with van der Waals surface area (Å²) in [7, 11) is 2.07. The molecule has 0 spiro atoms. The molecule has 1 aliphatic rings. The summed E-state index contributed by atoms with van der Waals surface area (Å²) in [5.74, 6) is -3.07. The molecule has 0 radical (unpaired) electrons. The van der Waals surface area contributed by atoms with Gasteiger partial charge in [-0.25, -0.2) is 9.59 Å². The van der Waals surface area contributed by atoms with Crippen LogP contribution in [0.25, 0.3) is 0 Å². The van der Waals surface area contributed by atoms with Crippen molar-refractivity contribution in [3.8, 4) is 5.75 Å². The molecule has 0 aromatic heterocycles. The number of alkyl halides is 5. The molecule has 1 heterocycles. The Hall–Kier alpha value is -3.37. The third kappa shape index (κ3) is 4.92. The van der Waals surface area contributed by atoms with Gasteiger partial charge in [0.05, 0.1) is 25.4 Å². The van der Waals surface area contributed by atoms with E-state index in [0.717, 1.165) is 25.2 Å². The molecule has 0 aliphatic carbocycles. The monoisotopic (exact) mass is 419 g/mol. The maximum atomic E-state index is 13.4. The van der Waals surface area contributed by atoms with Crippen LogP contribution in [0, 0.1) is 0 Å². The van der Waals surface area contributed by atoms with Crippen LogP contribution in [-0.4, -0.2) is 32.8 Å². The minimum Gasteiger partial charge on any atom is -0.465 e. The highest BCUT2D eigenvalue weighted by Gasteiger charge is 2.37. The first kappa shape index (κ1) is 21.9. The van der Waals surface area contributed by atoms with Crippen LogP contribution in [0.3, 0.4) is 0 Å². The lowest BCUT2D eigenvalue weighted by molar-refractivity contribution is -0.142. The van der Waals surface area contributed by atoms with E-state index in [0.29, 0.717) is 12.1 Å². The first-order valence-electron chi connectivity index (χ1n) is 7.81. The van der Waals surface area contributed by atoms with Gasteiger partial charge < -0.3 is 19.1 Å². The molecular formula is C18H14F5NO5. The lowest BCUT2D eigenvalue weighted by atomic mass is 10.1. The SMILES string of the molecule is COC(=O)C1=C(C(=O)OC)N(c2ccc(OC(F)F)c(C(F)(F)F)c2)C=CC=C1. The van der Waals surface area contributed by atoms with Crippen molar-refractivity contribution in [3.63, 3.8) is 0 Å². The van der Waals surface area contributed by atoms with Crippen molar-refractivity contribution in [1.29, 1.82) is 0 Å². The number of anilines is 1. The lowest BCUT2D eigenvalue weighted by Crippen LogP contribution is -2.27. The summed E-state index contributed by atoms with van der Waals surface area (Å²) in [4.78, 5) is 25.3. The van der Waals surface area contributed by atoms with Gasteiger partial charge >= 0.3 is 24.7 Å². The van der Waals surface area contributed by atoms with Crippen molar-refractivity contribution in [3.05, 3.63) is 59.5 Å². The molecule has 6 nitrogen and oxygen atoms in total. The van der Waals surface area contributed by atoms with E-state index < -0.39 is 41.7 Å². The number of hydrogen-bond acceptors (Lipinski definition) is 6. The van der Waals surface area contributed by atoms with Gasteiger partial charge in [-0.05, 0) is 30.4 Å². The number of halogens is 5. The summed E-state index contributed by atoms with van der Waals surface area (Å²) in [6.07, 6.45) is 0.0770. The zero-order chi connectivity index (χ0) is 21.8. The van der Waals surface area contributed by atoms with Gasteiger partial charge in [-0.3, -0.25) is 0 Å². The third-order valence-electron chi connectivity index (χ3n) is 3.65. The molecule has 0 N–H and O–H groups in total. The third-order valence-corrected chi connectivity index (χ3v) is 3.65. The average Bonchev–Trinajstić information content (AvgIpc) is 2.88. The molecule has 0 unspecified atom stereocenters. The smallest absolute Gasteiger partial charge is 0.420 e. The lowest BCUT2D eigenvalue weighted by Gasteiger charge is -2.24. The number of allylic oxidation sites excluding steroid dienone is 2. The van der Waals surface area contributed by atoms with Crippen molar-refractivity contribution in [2.75, 3.05) is 19.1 Å². The number of carbonyl (C=O) groups excluding carboxylic acids is 2. The predicted octanol–water partition coefficient (Wildman–Crippen LogP) is 3.80. The maximum absolute atomic E-state index is 13.4. The predicted molar refractivity (Wildman–Crippen MR) is 89.9 cm³/mol. The van der Waals surface area contributed by atoms with Crippen molar-refractivity contribution in [2.24, 2.45) is 0 Å². The van der Waals surface area contributed by atoms with Gasteiger partial charge in [0, 0.05) is 11.9 Å². The second kappa shape index (κ2) is 8.76. The van der Waals surface area contributed by atoms with E-state index in [9.17, 15) is 31.5 Å². The molecule has 0 atom stereocenters.